The van der Waals surface area contributed by atoms with Crippen LogP contribution in [0, 0.1) is 28.8 Å². The zero-order valence-electron chi connectivity index (χ0n) is 17.6. The molecule has 0 bridgehead atoms. The summed E-state index contributed by atoms with van der Waals surface area (Å²) in [7, 11) is 0. The zero-order chi connectivity index (χ0) is 23.3. The number of piperidine rings is 1. The van der Waals surface area contributed by atoms with Gasteiger partial charge in [-0.1, -0.05) is 0 Å². The van der Waals surface area contributed by atoms with Crippen molar-refractivity contribution >= 4 is 11.8 Å². The summed E-state index contributed by atoms with van der Waals surface area (Å²) >= 11 is 0. The number of halogens is 3. The molecule has 0 unspecified atom stereocenters. The first kappa shape index (κ1) is 21.5. The Hall–Kier alpha value is -3.38. The monoisotopic (exact) mass is 455 g/mol. The van der Waals surface area contributed by atoms with E-state index in [0.717, 1.165) is 12.1 Å². The molecule has 0 saturated carbocycles. The Morgan fingerprint density at radius 3 is 2.42 bits per heavy atom. The summed E-state index contributed by atoms with van der Waals surface area (Å²) in [6.45, 7) is 0.507. The highest BCUT2D eigenvalue weighted by molar-refractivity contribution is 5.95. The standard InChI is InChI=1S/C24H20F3N3O3/c25-17-10-15(11-18(26)12-17)20-3-4-21-30(20)23(32)24(33-21)5-7-29(8-6-24)22(31)14-1-2-19(27)16(9-14)13-28/h1-2,9-12,20-21H,3-8H2/t20-,21+/m0/s1. The normalized spacial score (nSPS) is 23.6. The Morgan fingerprint density at radius 2 is 1.76 bits per heavy atom. The number of ether oxygens (including phenoxy) is 1. The highest BCUT2D eigenvalue weighted by Crippen LogP contribution is 2.47. The van der Waals surface area contributed by atoms with Gasteiger partial charge >= 0.3 is 0 Å². The van der Waals surface area contributed by atoms with Crippen molar-refractivity contribution in [1.29, 1.82) is 5.26 Å². The Bertz CT molecular complexity index is 1170. The van der Waals surface area contributed by atoms with Crippen LogP contribution < -0.4 is 0 Å². The fourth-order valence-electron chi connectivity index (χ4n) is 5.14. The number of nitrogens with zero attached hydrogens (tertiary/aromatic N) is 3. The number of amides is 2. The third kappa shape index (κ3) is 3.55. The van der Waals surface area contributed by atoms with Crippen molar-refractivity contribution in [3.8, 4) is 6.07 Å². The van der Waals surface area contributed by atoms with Crippen LogP contribution in [0.5, 0.6) is 0 Å². The van der Waals surface area contributed by atoms with Crippen molar-refractivity contribution in [2.75, 3.05) is 13.1 Å². The van der Waals surface area contributed by atoms with Gasteiger partial charge in [0.1, 0.15) is 29.7 Å². The number of carbonyl (C=O) groups excluding carboxylic acids is 2. The fourth-order valence-corrected chi connectivity index (χ4v) is 5.14. The molecule has 2 aromatic carbocycles. The maximum absolute atomic E-state index is 13.7. The average molecular weight is 455 g/mol. The molecular weight excluding hydrogens is 435 g/mol. The van der Waals surface area contributed by atoms with Crippen molar-refractivity contribution in [3.05, 3.63) is 70.5 Å². The minimum absolute atomic E-state index is 0.205. The number of rotatable bonds is 2. The van der Waals surface area contributed by atoms with Crippen LogP contribution >= 0.6 is 0 Å². The van der Waals surface area contributed by atoms with Crippen LogP contribution in [-0.4, -0.2) is 46.5 Å². The number of carbonyl (C=O) groups is 2. The lowest BCUT2D eigenvalue weighted by Gasteiger charge is -2.37. The quantitative estimate of drug-likeness (QED) is 0.693. The van der Waals surface area contributed by atoms with E-state index in [0.29, 0.717) is 18.4 Å². The maximum atomic E-state index is 13.7. The molecule has 0 aromatic heterocycles. The molecule has 2 aromatic rings. The molecule has 2 amide bonds. The van der Waals surface area contributed by atoms with Gasteiger partial charge in [-0.15, -0.1) is 0 Å². The van der Waals surface area contributed by atoms with Crippen molar-refractivity contribution in [2.45, 2.75) is 43.6 Å². The van der Waals surface area contributed by atoms with Crippen LogP contribution in [0.3, 0.4) is 0 Å². The molecule has 3 aliphatic heterocycles. The van der Waals surface area contributed by atoms with E-state index < -0.39 is 35.3 Å². The lowest BCUT2D eigenvalue weighted by Crippen LogP contribution is -2.51. The first-order valence-electron chi connectivity index (χ1n) is 10.8. The number of hydrogen-bond acceptors (Lipinski definition) is 4. The van der Waals surface area contributed by atoms with Gasteiger partial charge in [0.25, 0.3) is 11.8 Å². The summed E-state index contributed by atoms with van der Waals surface area (Å²) < 4.78 is 47.3. The lowest BCUT2D eigenvalue weighted by molar-refractivity contribution is -0.142. The second-order valence-electron chi connectivity index (χ2n) is 8.67. The van der Waals surface area contributed by atoms with Gasteiger partial charge in [0.05, 0.1) is 11.6 Å². The second-order valence-corrected chi connectivity index (χ2v) is 8.67. The SMILES string of the molecule is N#Cc1cc(C(=O)N2CCC3(CC2)O[C@@H]2CC[C@@H](c4cc(F)cc(F)c4)N2C3=O)ccc1F. The Kier molecular flexibility index (Phi) is 5.13. The van der Waals surface area contributed by atoms with Gasteiger partial charge in [0.15, 0.2) is 5.60 Å². The zero-order valence-corrected chi connectivity index (χ0v) is 17.6. The van der Waals surface area contributed by atoms with Gasteiger partial charge < -0.3 is 14.5 Å². The molecule has 0 aliphatic carbocycles. The van der Waals surface area contributed by atoms with Gasteiger partial charge in [0, 0.05) is 37.6 Å². The van der Waals surface area contributed by atoms with Gasteiger partial charge in [-0.3, -0.25) is 9.59 Å². The third-order valence-electron chi connectivity index (χ3n) is 6.78. The van der Waals surface area contributed by atoms with Crippen LogP contribution in [-0.2, 0) is 9.53 Å². The number of nitriles is 1. The van der Waals surface area contributed by atoms with Crippen molar-refractivity contribution in [1.82, 2.24) is 9.80 Å². The molecule has 2 atom stereocenters. The number of fused-ring (bicyclic) bond motifs is 1. The Morgan fingerprint density at radius 1 is 1.06 bits per heavy atom. The highest BCUT2D eigenvalue weighted by Gasteiger charge is 2.58. The summed E-state index contributed by atoms with van der Waals surface area (Å²) in [5.74, 6) is -2.64. The molecule has 3 heterocycles. The molecule has 9 heteroatoms. The molecule has 3 saturated heterocycles. The van der Waals surface area contributed by atoms with E-state index in [4.69, 9.17) is 10.00 Å². The van der Waals surface area contributed by atoms with E-state index in [9.17, 15) is 22.8 Å². The van der Waals surface area contributed by atoms with E-state index in [1.807, 2.05) is 0 Å². The van der Waals surface area contributed by atoms with Crippen LogP contribution in [0.2, 0.25) is 0 Å². The van der Waals surface area contributed by atoms with Crippen LogP contribution in [0.4, 0.5) is 13.2 Å². The minimum atomic E-state index is -1.08. The second kappa shape index (κ2) is 7.89. The molecule has 6 nitrogen and oxygen atoms in total. The number of likely N-dealkylation sites (tertiary alicyclic amines) is 1. The van der Waals surface area contributed by atoms with Gasteiger partial charge in [0.2, 0.25) is 0 Å². The summed E-state index contributed by atoms with van der Waals surface area (Å²) in [4.78, 5) is 29.4. The lowest BCUT2D eigenvalue weighted by atomic mass is 9.89. The molecular formula is C24H20F3N3O3. The van der Waals surface area contributed by atoms with Crippen LogP contribution in [0.25, 0.3) is 0 Å². The van der Waals surface area contributed by atoms with Gasteiger partial charge in [-0.2, -0.15) is 5.26 Å². The first-order chi connectivity index (χ1) is 15.8. The highest BCUT2D eigenvalue weighted by atomic mass is 19.1. The summed E-state index contributed by atoms with van der Waals surface area (Å²) in [5, 5.41) is 9.00. The molecule has 0 radical (unpaired) electrons. The van der Waals surface area contributed by atoms with Crippen LogP contribution in [0.15, 0.2) is 36.4 Å². The molecule has 0 N–H and O–H groups in total. The average Bonchev–Trinajstić information content (AvgIpc) is 3.31. The molecule has 170 valence electrons. The minimum Gasteiger partial charge on any atom is -0.342 e. The smallest absolute Gasteiger partial charge is 0.257 e. The summed E-state index contributed by atoms with van der Waals surface area (Å²) in [5.41, 5.74) is -0.672. The predicted octanol–water partition coefficient (Wildman–Crippen LogP) is 3.67. The maximum Gasteiger partial charge on any atom is 0.257 e. The van der Waals surface area contributed by atoms with Crippen molar-refractivity contribution < 1.29 is 27.5 Å². The first-order valence-corrected chi connectivity index (χ1v) is 10.8. The van der Waals surface area contributed by atoms with Crippen molar-refractivity contribution in [2.24, 2.45) is 0 Å². The topological polar surface area (TPSA) is 73.6 Å². The van der Waals surface area contributed by atoms with E-state index in [2.05, 4.69) is 0 Å². The van der Waals surface area contributed by atoms with E-state index >= 15 is 0 Å². The van der Waals surface area contributed by atoms with Gasteiger partial charge in [-0.05, 0) is 48.7 Å². The van der Waals surface area contributed by atoms with Crippen LogP contribution in [0.1, 0.15) is 53.2 Å². The van der Waals surface area contributed by atoms with Crippen molar-refractivity contribution in [3.63, 3.8) is 0 Å². The Balaban J connectivity index is 1.31. The molecule has 33 heavy (non-hydrogen) atoms. The third-order valence-corrected chi connectivity index (χ3v) is 6.78. The molecule has 3 aliphatic rings. The largest absolute Gasteiger partial charge is 0.342 e. The fraction of sp³-hybridized carbons (Fsp3) is 0.375. The van der Waals surface area contributed by atoms with E-state index in [1.165, 1.54) is 24.3 Å². The van der Waals surface area contributed by atoms with E-state index in [-0.39, 0.29) is 48.9 Å². The van der Waals surface area contributed by atoms with Gasteiger partial charge in [-0.25, -0.2) is 13.2 Å². The molecule has 3 fully saturated rings. The molecule has 1 spiro atoms. The summed E-state index contributed by atoms with van der Waals surface area (Å²) in [6.07, 6.45) is 1.20. The molecule has 5 rings (SSSR count). The van der Waals surface area contributed by atoms with E-state index in [1.54, 1.807) is 15.9 Å². The Labute approximate surface area is 188 Å². The predicted molar refractivity (Wildman–Crippen MR) is 109 cm³/mol. The summed E-state index contributed by atoms with van der Waals surface area (Å²) in [6, 6.07) is 8.19. The number of hydrogen-bond donors (Lipinski definition) is 0. The number of benzene rings is 2.